The fourth-order valence-electron chi connectivity index (χ4n) is 3.42. The smallest absolute Gasteiger partial charge is 0.248 e. The molecule has 1 aliphatic carbocycles. The first-order chi connectivity index (χ1) is 12.2. The Morgan fingerprint density at radius 2 is 1.96 bits per heavy atom. The van der Waals surface area contributed by atoms with Gasteiger partial charge in [0.15, 0.2) is 0 Å². The monoisotopic (exact) mass is 331 g/mol. The lowest BCUT2D eigenvalue weighted by molar-refractivity contribution is -0.115. The third kappa shape index (κ3) is 2.43. The van der Waals surface area contributed by atoms with Gasteiger partial charge in [0.05, 0.1) is 6.42 Å². The summed E-state index contributed by atoms with van der Waals surface area (Å²) in [6.45, 7) is 2.07. The van der Waals surface area contributed by atoms with E-state index in [1.807, 2.05) is 24.3 Å². The van der Waals surface area contributed by atoms with Crippen LogP contribution in [0.2, 0.25) is 0 Å². The molecule has 2 aromatic carbocycles. The Morgan fingerprint density at radius 1 is 1.12 bits per heavy atom. The lowest BCUT2D eigenvalue weighted by atomic mass is 9.95. The van der Waals surface area contributed by atoms with E-state index in [9.17, 15) is 4.79 Å². The molecule has 0 bridgehead atoms. The van der Waals surface area contributed by atoms with E-state index in [2.05, 4.69) is 34.6 Å². The highest BCUT2D eigenvalue weighted by Gasteiger charge is 2.29. The van der Waals surface area contributed by atoms with Crippen molar-refractivity contribution >= 4 is 11.6 Å². The molecule has 1 amide bonds. The van der Waals surface area contributed by atoms with Crippen molar-refractivity contribution in [2.45, 2.75) is 32.1 Å². The van der Waals surface area contributed by atoms with Crippen molar-refractivity contribution in [3.05, 3.63) is 53.4 Å². The first-order valence-electron chi connectivity index (χ1n) is 8.55. The molecule has 25 heavy (non-hydrogen) atoms. The maximum Gasteiger partial charge on any atom is 0.248 e. The lowest BCUT2D eigenvalue weighted by Gasteiger charge is -2.10. The summed E-state index contributed by atoms with van der Waals surface area (Å²) in [7, 11) is 0. The van der Waals surface area contributed by atoms with Crippen molar-refractivity contribution < 1.29 is 9.21 Å². The molecule has 3 aromatic rings. The van der Waals surface area contributed by atoms with Crippen LogP contribution in [0.4, 0.5) is 5.69 Å². The van der Waals surface area contributed by atoms with Crippen molar-refractivity contribution in [2.75, 3.05) is 5.32 Å². The second-order valence-electron chi connectivity index (χ2n) is 6.79. The first-order valence-corrected chi connectivity index (χ1v) is 8.55. The zero-order valence-electron chi connectivity index (χ0n) is 13.9. The predicted octanol–water partition coefficient (Wildman–Crippen LogP) is 4.08. The van der Waals surface area contributed by atoms with Crippen LogP contribution in [0.1, 0.15) is 35.8 Å². The zero-order chi connectivity index (χ0) is 17.0. The number of fused-ring (bicyclic) bond motifs is 1. The van der Waals surface area contributed by atoms with Gasteiger partial charge in [0.2, 0.25) is 17.7 Å². The number of amides is 1. The van der Waals surface area contributed by atoms with Gasteiger partial charge < -0.3 is 9.73 Å². The Labute approximate surface area is 145 Å². The second kappa shape index (κ2) is 5.28. The third-order valence-corrected chi connectivity index (χ3v) is 4.97. The molecule has 0 spiro atoms. The quantitative estimate of drug-likeness (QED) is 0.785. The fraction of sp³-hybridized carbons (Fsp3) is 0.250. The van der Waals surface area contributed by atoms with Crippen LogP contribution in [-0.2, 0) is 11.2 Å². The van der Waals surface area contributed by atoms with Gasteiger partial charge in [-0.25, -0.2) is 0 Å². The zero-order valence-corrected chi connectivity index (χ0v) is 13.9. The van der Waals surface area contributed by atoms with Crippen molar-refractivity contribution in [3.8, 4) is 22.6 Å². The van der Waals surface area contributed by atoms with Crippen LogP contribution in [0.3, 0.4) is 0 Å². The summed E-state index contributed by atoms with van der Waals surface area (Å²) < 4.78 is 5.88. The molecule has 1 aliphatic heterocycles. The van der Waals surface area contributed by atoms with E-state index in [0.717, 1.165) is 52.2 Å². The van der Waals surface area contributed by atoms with Gasteiger partial charge in [-0.05, 0) is 60.2 Å². The molecule has 5 nitrogen and oxygen atoms in total. The first kappa shape index (κ1) is 14.4. The fourth-order valence-corrected chi connectivity index (χ4v) is 3.42. The summed E-state index contributed by atoms with van der Waals surface area (Å²) in [5.41, 5.74) is 6.23. The number of nitrogens with zero attached hydrogens (tertiary/aromatic N) is 2. The number of aromatic nitrogens is 2. The molecule has 2 heterocycles. The summed E-state index contributed by atoms with van der Waals surface area (Å²) in [6.07, 6.45) is 2.72. The van der Waals surface area contributed by atoms with E-state index in [1.165, 1.54) is 0 Å². The minimum absolute atomic E-state index is 0.0519. The molecule has 0 radical (unpaired) electrons. The predicted molar refractivity (Wildman–Crippen MR) is 94.2 cm³/mol. The number of anilines is 1. The maximum absolute atomic E-state index is 11.6. The van der Waals surface area contributed by atoms with E-state index in [0.29, 0.717) is 18.2 Å². The summed E-state index contributed by atoms with van der Waals surface area (Å²) in [4.78, 5) is 11.6. The molecule has 1 saturated carbocycles. The minimum atomic E-state index is 0.0519. The average molecular weight is 331 g/mol. The van der Waals surface area contributed by atoms with Crippen LogP contribution in [0.5, 0.6) is 0 Å². The summed E-state index contributed by atoms with van der Waals surface area (Å²) in [5, 5.41) is 11.3. The molecule has 0 atom stereocenters. The van der Waals surface area contributed by atoms with Crippen LogP contribution in [0.15, 0.2) is 40.8 Å². The van der Waals surface area contributed by atoms with E-state index in [-0.39, 0.29) is 5.91 Å². The Bertz CT molecular complexity index is 1000. The third-order valence-electron chi connectivity index (χ3n) is 4.97. The number of benzene rings is 2. The van der Waals surface area contributed by atoms with Crippen molar-refractivity contribution in [2.24, 2.45) is 0 Å². The Hall–Kier alpha value is -2.95. The van der Waals surface area contributed by atoms with Gasteiger partial charge in [-0.1, -0.05) is 18.2 Å². The summed E-state index contributed by atoms with van der Waals surface area (Å²) >= 11 is 0. The van der Waals surface area contributed by atoms with E-state index >= 15 is 0 Å². The molecule has 1 fully saturated rings. The van der Waals surface area contributed by atoms with Crippen molar-refractivity contribution in [1.82, 2.24) is 10.2 Å². The number of carbonyl (C=O) groups is 1. The normalized spacial score (nSPS) is 16.0. The molecule has 124 valence electrons. The van der Waals surface area contributed by atoms with Gasteiger partial charge in [0, 0.05) is 17.2 Å². The van der Waals surface area contributed by atoms with Crippen LogP contribution in [0.25, 0.3) is 22.6 Å². The highest BCUT2D eigenvalue weighted by atomic mass is 16.4. The van der Waals surface area contributed by atoms with Gasteiger partial charge in [0.1, 0.15) is 0 Å². The molecule has 5 rings (SSSR count). The SMILES string of the molecule is Cc1c(-c2ccc3c(c2)CC(=O)N3)cccc1-c1nnc(C2CC2)o1. The maximum atomic E-state index is 11.6. The summed E-state index contributed by atoms with van der Waals surface area (Å²) in [6, 6.07) is 12.2. The Morgan fingerprint density at radius 3 is 2.80 bits per heavy atom. The van der Waals surface area contributed by atoms with Crippen LogP contribution >= 0.6 is 0 Å². The van der Waals surface area contributed by atoms with E-state index in [4.69, 9.17) is 4.42 Å². The van der Waals surface area contributed by atoms with Gasteiger partial charge in [0.25, 0.3) is 0 Å². The standard InChI is InChI=1S/C20H17N3O2/c1-11-15(13-7-8-17-14(9-13)10-18(24)21-17)3-2-4-16(11)20-23-22-19(25-20)12-5-6-12/h2-4,7-9,12H,5-6,10H2,1H3,(H,21,24). The van der Waals surface area contributed by atoms with Crippen molar-refractivity contribution in [1.29, 1.82) is 0 Å². The molecule has 0 unspecified atom stereocenters. The highest BCUT2D eigenvalue weighted by molar-refractivity contribution is 5.99. The average Bonchev–Trinajstić information content (AvgIpc) is 3.22. The minimum Gasteiger partial charge on any atom is -0.420 e. The second-order valence-corrected chi connectivity index (χ2v) is 6.79. The summed E-state index contributed by atoms with van der Waals surface area (Å²) in [5.74, 6) is 1.84. The van der Waals surface area contributed by atoms with E-state index in [1.54, 1.807) is 0 Å². The molecular weight excluding hydrogens is 314 g/mol. The molecule has 2 aliphatic rings. The van der Waals surface area contributed by atoms with Crippen LogP contribution in [0, 0.1) is 6.92 Å². The van der Waals surface area contributed by atoms with Gasteiger partial charge >= 0.3 is 0 Å². The number of carbonyl (C=O) groups excluding carboxylic acids is 1. The van der Waals surface area contributed by atoms with Gasteiger partial charge in [-0.3, -0.25) is 4.79 Å². The van der Waals surface area contributed by atoms with Gasteiger partial charge in [-0.2, -0.15) is 0 Å². The number of hydrogen-bond donors (Lipinski definition) is 1. The highest BCUT2D eigenvalue weighted by Crippen LogP contribution is 2.41. The van der Waals surface area contributed by atoms with Crippen LogP contribution in [-0.4, -0.2) is 16.1 Å². The molecular formula is C20H17N3O2. The van der Waals surface area contributed by atoms with Gasteiger partial charge in [-0.15, -0.1) is 10.2 Å². The number of hydrogen-bond acceptors (Lipinski definition) is 4. The number of nitrogens with one attached hydrogen (secondary N) is 1. The Kier molecular flexibility index (Phi) is 3.04. The largest absolute Gasteiger partial charge is 0.420 e. The van der Waals surface area contributed by atoms with Crippen molar-refractivity contribution in [3.63, 3.8) is 0 Å². The number of rotatable bonds is 3. The topological polar surface area (TPSA) is 68.0 Å². The lowest BCUT2D eigenvalue weighted by Crippen LogP contribution is -2.03. The van der Waals surface area contributed by atoms with Crippen LogP contribution < -0.4 is 5.32 Å². The molecule has 0 saturated heterocycles. The molecule has 1 N–H and O–H groups in total. The molecule has 5 heteroatoms. The van der Waals surface area contributed by atoms with E-state index < -0.39 is 0 Å². The molecule has 1 aromatic heterocycles. The Balaban J connectivity index is 1.56.